The SMILES string of the molecule is CCCCCCCCCCCCCCCC(=O)Nc1nc(=O)n([C@@H]2O[C@H](C)C(O)C2O)cc1F. The van der Waals surface area contributed by atoms with Crippen LogP contribution in [0.15, 0.2) is 11.0 Å². The topological polar surface area (TPSA) is 114 Å². The Morgan fingerprint density at radius 1 is 1.00 bits per heavy atom. The van der Waals surface area contributed by atoms with Gasteiger partial charge in [0.25, 0.3) is 0 Å². The van der Waals surface area contributed by atoms with Crippen LogP contribution in [0.25, 0.3) is 0 Å². The van der Waals surface area contributed by atoms with Crippen molar-refractivity contribution in [2.45, 2.75) is 128 Å². The highest BCUT2D eigenvalue weighted by molar-refractivity contribution is 5.89. The smallest absolute Gasteiger partial charge is 0.351 e. The maximum Gasteiger partial charge on any atom is 0.351 e. The zero-order chi connectivity index (χ0) is 24.9. The molecule has 9 heteroatoms. The van der Waals surface area contributed by atoms with Gasteiger partial charge >= 0.3 is 5.69 Å². The minimum Gasteiger partial charge on any atom is -0.388 e. The van der Waals surface area contributed by atoms with Crippen molar-refractivity contribution in [2.75, 3.05) is 5.32 Å². The molecule has 1 saturated heterocycles. The fraction of sp³-hybridized carbons (Fsp3) is 0.800. The van der Waals surface area contributed by atoms with E-state index in [1.54, 1.807) is 0 Å². The number of hydrogen-bond donors (Lipinski definition) is 3. The van der Waals surface area contributed by atoms with Crippen molar-refractivity contribution in [1.29, 1.82) is 0 Å². The van der Waals surface area contributed by atoms with Crippen LogP contribution in [0.4, 0.5) is 10.2 Å². The molecule has 0 bridgehead atoms. The normalized spacial score (nSPS) is 22.3. The van der Waals surface area contributed by atoms with Gasteiger partial charge in [0.15, 0.2) is 17.9 Å². The summed E-state index contributed by atoms with van der Waals surface area (Å²) >= 11 is 0. The van der Waals surface area contributed by atoms with Crippen LogP contribution < -0.4 is 11.0 Å². The van der Waals surface area contributed by atoms with Gasteiger partial charge in [0, 0.05) is 6.42 Å². The Bertz CT molecular complexity index is 803. The summed E-state index contributed by atoms with van der Waals surface area (Å²) in [6.45, 7) is 3.77. The second-order valence-corrected chi connectivity index (χ2v) is 9.38. The van der Waals surface area contributed by atoms with E-state index in [-0.39, 0.29) is 6.42 Å². The zero-order valence-electron chi connectivity index (χ0n) is 20.7. The molecule has 0 saturated carbocycles. The van der Waals surface area contributed by atoms with Gasteiger partial charge in [-0.1, -0.05) is 84.0 Å². The Labute approximate surface area is 201 Å². The molecule has 8 nitrogen and oxygen atoms in total. The van der Waals surface area contributed by atoms with E-state index in [1.165, 1.54) is 64.7 Å². The molecular formula is C25H42FN3O5. The van der Waals surface area contributed by atoms with Gasteiger partial charge in [-0.15, -0.1) is 0 Å². The lowest BCUT2D eigenvalue weighted by Gasteiger charge is -2.17. The summed E-state index contributed by atoms with van der Waals surface area (Å²) in [5, 5.41) is 22.1. The molecule has 1 aliphatic rings. The van der Waals surface area contributed by atoms with Gasteiger partial charge < -0.3 is 20.3 Å². The number of anilines is 1. The highest BCUT2D eigenvalue weighted by Crippen LogP contribution is 2.28. The van der Waals surface area contributed by atoms with Crippen molar-refractivity contribution in [3.63, 3.8) is 0 Å². The van der Waals surface area contributed by atoms with Crippen molar-refractivity contribution < 1.29 is 24.1 Å². The molecule has 1 aromatic rings. The van der Waals surface area contributed by atoms with Crippen molar-refractivity contribution in [3.8, 4) is 0 Å². The fourth-order valence-electron chi connectivity index (χ4n) is 4.27. The molecule has 0 radical (unpaired) electrons. The van der Waals surface area contributed by atoms with Crippen LogP contribution in [0.2, 0.25) is 0 Å². The van der Waals surface area contributed by atoms with Crippen LogP contribution in [0.3, 0.4) is 0 Å². The lowest BCUT2D eigenvalue weighted by molar-refractivity contribution is -0.116. The largest absolute Gasteiger partial charge is 0.388 e. The van der Waals surface area contributed by atoms with E-state index in [4.69, 9.17) is 4.74 Å². The van der Waals surface area contributed by atoms with Crippen molar-refractivity contribution in [3.05, 3.63) is 22.5 Å². The molecule has 34 heavy (non-hydrogen) atoms. The number of nitrogens with one attached hydrogen (secondary N) is 1. The molecule has 4 atom stereocenters. The standard InChI is InChI=1S/C25H42FN3O5/c1-3-4-5-6-7-8-9-10-11-12-13-14-15-16-20(30)27-23-19(26)17-29(25(33)28-23)24-22(32)21(31)18(2)34-24/h17-18,21-22,24,31-32H,3-16H2,1-2H3,(H,27,28,30,33)/t18-,21?,22?,24-/m1/s1. The zero-order valence-corrected chi connectivity index (χ0v) is 20.7. The number of halogens is 1. The van der Waals surface area contributed by atoms with E-state index in [2.05, 4.69) is 17.2 Å². The molecule has 2 heterocycles. The maximum atomic E-state index is 14.4. The number of aliphatic hydroxyl groups excluding tert-OH is 2. The first-order chi connectivity index (χ1) is 16.3. The summed E-state index contributed by atoms with van der Waals surface area (Å²) in [7, 11) is 0. The number of nitrogens with zero attached hydrogens (tertiary/aromatic N) is 2. The molecular weight excluding hydrogens is 441 g/mol. The first-order valence-electron chi connectivity index (χ1n) is 12.9. The van der Waals surface area contributed by atoms with Gasteiger partial charge in [0.2, 0.25) is 5.91 Å². The Balaban J connectivity index is 1.62. The van der Waals surface area contributed by atoms with Crippen LogP contribution in [0.5, 0.6) is 0 Å². The summed E-state index contributed by atoms with van der Waals surface area (Å²) < 4.78 is 20.5. The molecule has 3 N–H and O–H groups in total. The number of amides is 1. The van der Waals surface area contributed by atoms with E-state index in [0.717, 1.165) is 30.0 Å². The number of aliphatic hydroxyl groups is 2. The van der Waals surface area contributed by atoms with Gasteiger partial charge in [0.1, 0.15) is 12.2 Å². The molecule has 2 rings (SSSR count). The molecule has 1 aliphatic heterocycles. The third-order valence-electron chi connectivity index (χ3n) is 6.42. The molecule has 1 amide bonds. The Morgan fingerprint density at radius 3 is 2.03 bits per heavy atom. The van der Waals surface area contributed by atoms with Crippen LogP contribution >= 0.6 is 0 Å². The van der Waals surface area contributed by atoms with Crippen LogP contribution in [0.1, 0.15) is 110 Å². The van der Waals surface area contributed by atoms with E-state index in [9.17, 15) is 24.2 Å². The van der Waals surface area contributed by atoms with Gasteiger partial charge in [-0.05, 0) is 13.3 Å². The van der Waals surface area contributed by atoms with E-state index in [0.29, 0.717) is 6.42 Å². The minimum absolute atomic E-state index is 0.232. The summed E-state index contributed by atoms with van der Waals surface area (Å²) in [6.07, 6.45) is 12.2. The number of hydrogen-bond acceptors (Lipinski definition) is 6. The molecule has 0 aliphatic carbocycles. The third-order valence-corrected chi connectivity index (χ3v) is 6.42. The number of aromatic nitrogens is 2. The van der Waals surface area contributed by atoms with Gasteiger partial charge in [0.05, 0.1) is 12.3 Å². The second kappa shape index (κ2) is 15.2. The maximum absolute atomic E-state index is 14.4. The fourth-order valence-corrected chi connectivity index (χ4v) is 4.27. The molecule has 0 aromatic carbocycles. The Kier molecular flexibility index (Phi) is 12.7. The summed E-state index contributed by atoms with van der Waals surface area (Å²) in [5.41, 5.74) is -0.886. The average Bonchev–Trinajstić information content (AvgIpc) is 3.06. The summed E-state index contributed by atoms with van der Waals surface area (Å²) in [6, 6.07) is 0. The molecule has 2 unspecified atom stereocenters. The molecule has 1 aromatic heterocycles. The number of rotatable bonds is 16. The average molecular weight is 484 g/mol. The predicted molar refractivity (Wildman–Crippen MR) is 129 cm³/mol. The first-order valence-corrected chi connectivity index (χ1v) is 12.9. The molecule has 1 fully saturated rings. The van der Waals surface area contributed by atoms with E-state index < -0.39 is 47.8 Å². The lowest BCUT2D eigenvalue weighted by Crippen LogP contribution is -2.36. The van der Waals surface area contributed by atoms with E-state index >= 15 is 0 Å². The van der Waals surface area contributed by atoms with Crippen molar-refractivity contribution in [1.82, 2.24) is 9.55 Å². The van der Waals surface area contributed by atoms with Crippen LogP contribution in [0, 0.1) is 5.82 Å². The van der Waals surface area contributed by atoms with Gasteiger partial charge in [-0.3, -0.25) is 9.36 Å². The van der Waals surface area contributed by atoms with Gasteiger partial charge in [-0.25, -0.2) is 9.18 Å². The molecule has 0 spiro atoms. The van der Waals surface area contributed by atoms with Crippen LogP contribution in [-0.2, 0) is 9.53 Å². The Morgan fingerprint density at radius 2 is 1.53 bits per heavy atom. The second-order valence-electron chi connectivity index (χ2n) is 9.38. The lowest BCUT2D eigenvalue weighted by atomic mass is 10.0. The highest BCUT2D eigenvalue weighted by Gasteiger charge is 2.42. The molecule has 194 valence electrons. The van der Waals surface area contributed by atoms with Crippen molar-refractivity contribution >= 4 is 11.7 Å². The number of carbonyl (C=O) groups is 1. The summed E-state index contributed by atoms with van der Waals surface area (Å²) in [5.74, 6) is -1.75. The first kappa shape index (κ1) is 28.4. The number of ether oxygens (including phenoxy) is 1. The summed E-state index contributed by atoms with van der Waals surface area (Å²) in [4.78, 5) is 28.0. The highest BCUT2D eigenvalue weighted by atomic mass is 19.1. The number of unbranched alkanes of at least 4 members (excludes halogenated alkanes) is 12. The predicted octanol–water partition coefficient (Wildman–Crippen LogP) is 4.44. The monoisotopic (exact) mass is 483 g/mol. The quantitative estimate of drug-likeness (QED) is 0.300. The minimum atomic E-state index is -1.38. The third kappa shape index (κ3) is 9.07. The van der Waals surface area contributed by atoms with E-state index in [1.807, 2.05) is 0 Å². The van der Waals surface area contributed by atoms with Crippen LogP contribution in [-0.4, -0.2) is 44.0 Å². The van der Waals surface area contributed by atoms with Crippen molar-refractivity contribution in [2.24, 2.45) is 0 Å². The Hall–Kier alpha value is -1.84. The number of carbonyl (C=O) groups excluding carboxylic acids is 1. The van der Waals surface area contributed by atoms with Gasteiger partial charge in [-0.2, -0.15) is 4.98 Å².